The van der Waals surface area contributed by atoms with E-state index in [1.807, 2.05) is 57.3 Å². The molecule has 160 valence electrons. The van der Waals surface area contributed by atoms with Crippen molar-refractivity contribution in [1.82, 2.24) is 5.32 Å². The minimum absolute atomic E-state index is 0.181. The Hall–Kier alpha value is -2.31. The number of aryl methyl sites for hydroxylation is 2. The van der Waals surface area contributed by atoms with Crippen LogP contribution in [-0.2, 0) is 14.3 Å². The number of fused-ring (bicyclic) bond motifs is 1. The average Bonchev–Trinajstić information content (AvgIpc) is 2.82. The number of carbonyl (C=O) groups is 2. The number of ether oxygens (including phenoxy) is 1. The fourth-order valence-electron chi connectivity index (χ4n) is 3.37. The van der Waals surface area contributed by atoms with Crippen LogP contribution in [0, 0.1) is 19.8 Å². The Balaban J connectivity index is 2.11. The zero-order valence-corrected chi connectivity index (χ0v) is 19.1. The number of anilines is 1. The van der Waals surface area contributed by atoms with Gasteiger partial charge >= 0.3 is 5.97 Å². The molecule has 0 unspecified atom stereocenters. The molecule has 0 aromatic heterocycles. The third-order valence-electron chi connectivity index (χ3n) is 5.15. The van der Waals surface area contributed by atoms with Crippen LogP contribution >= 0.6 is 11.8 Å². The number of carbonyl (C=O) groups excluding carboxylic acids is 2. The number of benzene rings is 2. The molecule has 1 aliphatic rings. The molecule has 0 aliphatic carbocycles. The summed E-state index contributed by atoms with van der Waals surface area (Å²) in [6.07, 6.45) is -0.892. The molecule has 2 aromatic rings. The van der Waals surface area contributed by atoms with E-state index < -0.39 is 6.10 Å². The summed E-state index contributed by atoms with van der Waals surface area (Å²) in [5, 5.41) is 2.79. The molecule has 0 bridgehead atoms. The first-order chi connectivity index (χ1) is 14.3. The second kappa shape index (κ2) is 9.67. The Morgan fingerprint density at radius 3 is 2.43 bits per heavy atom. The fourth-order valence-corrected chi connectivity index (χ4v) is 4.78. The molecule has 1 amide bonds. The van der Waals surface area contributed by atoms with Crippen LogP contribution in [0.4, 0.5) is 5.69 Å². The summed E-state index contributed by atoms with van der Waals surface area (Å²) in [5.41, 5.74) is 4.11. The maximum Gasteiger partial charge on any atom is 0.309 e. The highest BCUT2D eigenvalue weighted by Crippen LogP contribution is 2.47. The van der Waals surface area contributed by atoms with Crippen molar-refractivity contribution in [2.24, 2.45) is 5.92 Å². The number of esters is 1. The topological polar surface area (TPSA) is 58.6 Å². The number of hydrogen-bond donors (Lipinski definition) is 1. The van der Waals surface area contributed by atoms with E-state index in [2.05, 4.69) is 11.4 Å². The van der Waals surface area contributed by atoms with Crippen molar-refractivity contribution >= 4 is 29.3 Å². The van der Waals surface area contributed by atoms with E-state index in [0.29, 0.717) is 13.1 Å². The quantitative estimate of drug-likeness (QED) is 0.699. The van der Waals surface area contributed by atoms with E-state index in [9.17, 15) is 9.59 Å². The van der Waals surface area contributed by atoms with Gasteiger partial charge in [-0.15, -0.1) is 11.8 Å². The summed E-state index contributed by atoms with van der Waals surface area (Å²) < 4.78 is 5.84. The van der Waals surface area contributed by atoms with Crippen LogP contribution in [0.1, 0.15) is 35.8 Å². The van der Waals surface area contributed by atoms with Crippen molar-refractivity contribution in [3.63, 3.8) is 0 Å². The molecule has 30 heavy (non-hydrogen) atoms. The molecule has 2 aromatic carbocycles. The van der Waals surface area contributed by atoms with E-state index in [0.717, 1.165) is 27.3 Å². The van der Waals surface area contributed by atoms with E-state index in [4.69, 9.17) is 4.74 Å². The van der Waals surface area contributed by atoms with Gasteiger partial charge in [-0.3, -0.25) is 9.59 Å². The summed E-state index contributed by atoms with van der Waals surface area (Å²) in [6.45, 7) is 8.79. The highest BCUT2D eigenvalue weighted by molar-refractivity contribution is 7.99. The van der Waals surface area contributed by atoms with Crippen molar-refractivity contribution in [3.8, 4) is 0 Å². The smallest absolute Gasteiger partial charge is 0.309 e. The molecular formula is C24H30N2O3S. The normalized spacial score (nSPS) is 18.9. The molecule has 2 atom stereocenters. The van der Waals surface area contributed by atoms with Gasteiger partial charge in [-0.05, 0) is 44.2 Å². The first-order valence-corrected chi connectivity index (χ1v) is 11.2. The van der Waals surface area contributed by atoms with E-state index >= 15 is 0 Å². The second-order valence-electron chi connectivity index (χ2n) is 8.03. The molecule has 1 N–H and O–H groups in total. The van der Waals surface area contributed by atoms with Crippen LogP contribution in [0.2, 0.25) is 0 Å². The Labute approximate surface area is 183 Å². The number of rotatable bonds is 6. The van der Waals surface area contributed by atoms with E-state index in [1.165, 1.54) is 0 Å². The molecule has 1 aliphatic heterocycles. The summed E-state index contributed by atoms with van der Waals surface area (Å²) in [6, 6.07) is 14.2. The second-order valence-corrected chi connectivity index (χ2v) is 9.21. The maximum atomic E-state index is 13.7. The standard InChI is InChI=1S/C24H30N2O3S/c1-15(2)24(28)29-21-22(18-9-6-16(3)7-10-18)30-20-14-17(4)8-11-19(20)26(23(21)27)13-12-25-5/h6-11,14-15,21-22,25H,12-13H2,1-5H3/t21-,22+/m1/s1. The van der Waals surface area contributed by atoms with Crippen LogP contribution in [0.25, 0.3) is 0 Å². The molecule has 5 nitrogen and oxygen atoms in total. The van der Waals surface area contributed by atoms with Gasteiger partial charge in [0.1, 0.15) is 0 Å². The molecule has 0 fully saturated rings. The van der Waals surface area contributed by atoms with Gasteiger partial charge < -0.3 is 15.0 Å². The maximum absolute atomic E-state index is 13.7. The third kappa shape index (κ3) is 4.87. The van der Waals surface area contributed by atoms with Crippen molar-refractivity contribution in [1.29, 1.82) is 0 Å². The highest BCUT2D eigenvalue weighted by atomic mass is 32.2. The third-order valence-corrected chi connectivity index (χ3v) is 6.50. The van der Waals surface area contributed by atoms with Gasteiger partial charge in [0, 0.05) is 18.0 Å². The lowest BCUT2D eigenvalue weighted by Crippen LogP contribution is -2.45. The lowest BCUT2D eigenvalue weighted by Gasteiger charge is -2.28. The van der Waals surface area contributed by atoms with Crippen LogP contribution in [0.5, 0.6) is 0 Å². The summed E-state index contributed by atoms with van der Waals surface area (Å²) in [4.78, 5) is 29.0. The van der Waals surface area contributed by atoms with Crippen LogP contribution in [-0.4, -0.2) is 38.1 Å². The first kappa shape index (κ1) is 22.4. The SMILES string of the molecule is CNCCN1C(=O)[C@H](OC(=O)C(C)C)[C@H](c2ccc(C)cc2)Sc2cc(C)ccc21. The van der Waals surface area contributed by atoms with Gasteiger partial charge in [0.2, 0.25) is 0 Å². The van der Waals surface area contributed by atoms with E-state index in [1.54, 1.807) is 30.5 Å². The lowest BCUT2D eigenvalue weighted by molar-refractivity contribution is -0.158. The Morgan fingerprint density at radius 1 is 1.13 bits per heavy atom. The fraction of sp³-hybridized carbons (Fsp3) is 0.417. The number of nitrogens with zero attached hydrogens (tertiary/aromatic N) is 1. The summed E-state index contributed by atoms with van der Waals surface area (Å²) in [7, 11) is 1.86. The zero-order valence-electron chi connectivity index (χ0n) is 18.3. The van der Waals surface area contributed by atoms with Gasteiger partial charge in [-0.2, -0.15) is 0 Å². The number of hydrogen-bond acceptors (Lipinski definition) is 5. The monoisotopic (exact) mass is 426 g/mol. The molecule has 0 saturated heterocycles. The van der Waals surface area contributed by atoms with E-state index in [-0.39, 0.29) is 23.0 Å². The minimum Gasteiger partial charge on any atom is -0.450 e. The summed E-state index contributed by atoms with van der Waals surface area (Å²) >= 11 is 1.59. The van der Waals surface area contributed by atoms with Gasteiger partial charge in [0.05, 0.1) is 16.9 Å². The van der Waals surface area contributed by atoms with Crippen molar-refractivity contribution < 1.29 is 14.3 Å². The van der Waals surface area contributed by atoms with Crippen molar-refractivity contribution in [2.75, 3.05) is 25.0 Å². The predicted octanol–water partition coefficient (Wildman–Crippen LogP) is 4.27. The van der Waals surface area contributed by atoms with Gasteiger partial charge in [0.15, 0.2) is 6.10 Å². The molecular weight excluding hydrogens is 396 g/mol. The lowest BCUT2D eigenvalue weighted by atomic mass is 10.0. The highest BCUT2D eigenvalue weighted by Gasteiger charge is 2.41. The largest absolute Gasteiger partial charge is 0.450 e. The predicted molar refractivity (Wildman–Crippen MR) is 122 cm³/mol. The average molecular weight is 427 g/mol. The van der Waals surface area contributed by atoms with Crippen LogP contribution in [0.15, 0.2) is 47.4 Å². The summed E-state index contributed by atoms with van der Waals surface area (Å²) in [5.74, 6) is -0.846. The van der Waals surface area contributed by atoms with Crippen molar-refractivity contribution in [2.45, 2.75) is 43.9 Å². The number of nitrogens with one attached hydrogen (secondary N) is 1. The molecule has 0 radical (unpaired) electrons. The van der Waals surface area contributed by atoms with Gasteiger partial charge in [-0.25, -0.2) is 0 Å². The minimum atomic E-state index is -0.892. The Morgan fingerprint density at radius 2 is 1.80 bits per heavy atom. The molecule has 0 spiro atoms. The van der Waals surface area contributed by atoms with Crippen LogP contribution < -0.4 is 10.2 Å². The number of amides is 1. The molecule has 6 heteroatoms. The zero-order chi connectivity index (χ0) is 21.8. The number of thioether (sulfide) groups is 1. The molecule has 1 heterocycles. The Bertz CT molecular complexity index is 911. The number of likely N-dealkylation sites (N-methyl/N-ethyl adjacent to an activating group) is 1. The molecule has 0 saturated carbocycles. The Kier molecular flexibility index (Phi) is 7.21. The van der Waals surface area contributed by atoms with Crippen LogP contribution in [0.3, 0.4) is 0 Å². The first-order valence-electron chi connectivity index (χ1n) is 10.3. The van der Waals surface area contributed by atoms with Gasteiger partial charge in [-0.1, -0.05) is 49.7 Å². The van der Waals surface area contributed by atoms with Gasteiger partial charge in [0.25, 0.3) is 5.91 Å². The molecule has 3 rings (SSSR count). The van der Waals surface area contributed by atoms with Crippen molar-refractivity contribution in [3.05, 3.63) is 59.2 Å².